The van der Waals surface area contributed by atoms with Crippen LogP contribution in [0.15, 0.2) is 18.2 Å². The van der Waals surface area contributed by atoms with Gasteiger partial charge in [-0.25, -0.2) is 0 Å². The summed E-state index contributed by atoms with van der Waals surface area (Å²) in [6.07, 6.45) is 0.672. The third-order valence-corrected chi connectivity index (χ3v) is 4.04. The minimum atomic E-state index is -0.294. The van der Waals surface area contributed by atoms with Crippen LogP contribution in [0.5, 0.6) is 0 Å². The van der Waals surface area contributed by atoms with Gasteiger partial charge in [0.2, 0.25) is 0 Å². The number of benzene rings is 1. The first-order chi connectivity index (χ1) is 10.1. The number of nitrogens with two attached hydrogens (primary N) is 1. The SMILES string of the molecule is CC(CC1COCCN1)N1C(=O)c2cccc(N)c2C1=O. The molecule has 6 nitrogen and oxygen atoms in total. The van der Waals surface area contributed by atoms with Crippen LogP contribution < -0.4 is 11.1 Å². The lowest BCUT2D eigenvalue weighted by atomic mass is 10.1. The fraction of sp³-hybridized carbons (Fsp3) is 0.467. The van der Waals surface area contributed by atoms with Crippen LogP contribution in [0.1, 0.15) is 34.1 Å². The van der Waals surface area contributed by atoms with Crippen LogP contribution >= 0.6 is 0 Å². The molecule has 0 aromatic heterocycles. The summed E-state index contributed by atoms with van der Waals surface area (Å²) in [6.45, 7) is 3.99. The minimum absolute atomic E-state index is 0.162. The van der Waals surface area contributed by atoms with Crippen molar-refractivity contribution in [1.82, 2.24) is 10.2 Å². The number of hydrogen-bond donors (Lipinski definition) is 2. The molecule has 0 radical (unpaired) electrons. The van der Waals surface area contributed by atoms with Gasteiger partial charge in [0.15, 0.2) is 0 Å². The molecule has 2 unspecified atom stereocenters. The van der Waals surface area contributed by atoms with E-state index in [4.69, 9.17) is 10.5 Å². The van der Waals surface area contributed by atoms with Gasteiger partial charge in [-0.3, -0.25) is 14.5 Å². The molecule has 0 spiro atoms. The molecule has 2 heterocycles. The highest BCUT2D eigenvalue weighted by atomic mass is 16.5. The molecule has 2 amide bonds. The number of nitrogen functional groups attached to an aromatic ring is 1. The molecule has 3 N–H and O–H groups in total. The monoisotopic (exact) mass is 289 g/mol. The van der Waals surface area contributed by atoms with Crippen LogP contribution in [0.2, 0.25) is 0 Å². The lowest BCUT2D eigenvalue weighted by Gasteiger charge is -2.29. The smallest absolute Gasteiger partial charge is 0.263 e. The minimum Gasteiger partial charge on any atom is -0.398 e. The molecule has 21 heavy (non-hydrogen) atoms. The van der Waals surface area contributed by atoms with Gasteiger partial charge in [-0.15, -0.1) is 0 Å². The molecule has 3 rings (SSSR count). The van der Waals surface area contributed by atoms with E-state index in [1.165, 1.54) is 4.90 Å². The van der Waals surface area contributed by atoms with Crippen molar-refractivity contribution in [2.24, 2.45) is 0 Å². The zero-order chi connectivity index (χ0) is 15.0. The first kappa shape index (κ1) is 14.0. The standard InChI is InChI=1S/C15H19N3O3/c1-9(7-10-8-21-6-5-17-10)18-14(19)11-3-2-4-12(16)13(11)15(18)20/h2-4,9-10,17H,5-8,16H2,1H3. The molecule has 1 fully saturated rings. The van der Waals surface area contributed by atoms with E-state index in [1.807, 2.05) is 6.92 Å². The molecule has 1 aromatic carbocycles. The molecule has 2 aliphatic rings. The normalized spacial score (nSPS) is 23.3. The predicted molar refractivity (Wildman–Crippen MR) is 78.0 cm³/mol. The van der Waals surface area contributed by atoms with E-state index in [0.717, 1.165) is 6.54 Å². The van der Waals surface area contributed by atoms with Crippen molar-refractivity contribution < 1.29 is 14.3 Å². The fourth-order valence-electron chi connectivity index (χ4n) is 3.02. The average Bonchev–Trinajstić information content (AvgIpc) is 2.73. The maximum Gasteiger partial charge on any atom is 0.263 e. The zero-order valence-corrected chi connectivity index (χ0v) is 12.0. The van der Waals surface area contributed by atoms with Gasteiger partial charge in [-0.05, 0) is 25.5 Å². The average molecular weight is 289 g/mol. The van der Waals surface area contributed by atoms with Gasteiger partial charge < -0.3 is 15.8 Å². The Morgan fingerprint density at radius 2 is 2.24 bits per heavy atom. The molecule has 0 aliphatic carbocycles. The lowest BCUT2D eigenvalue weighted by molar-refractivity contribution is 0.0485. The van der Waals surface area contributed by atoms with E-state index in [2.05, 4.69) is 5.32 Å². The van der Waals surface area contributed by atoms with Gasteiger partial charge in [0.1, 0.15) is 0 Å². The van der Waals surface area contributed by atoms with Gasteiger partial charge in [0, 0.05) is 24.3 Å². The summed E-state index contributed by atoms with van der Waals surface area (Å²) in [5.74, 6) is -0.552. The van der Waals surface area contributed by atoms with E-state index in [1.54, 1.807) is 18.2 Å². The topological polar surface area (TPSA) is 84.7 Å². The number of morpholine rings is 1. The summed E-state index contributed by atoms with van der Waals surface area (Å²) < 4.78 is 5.41. The van der Waals surface area contributed by atoms with Crippen molar-refractivity contribution in [2.75, 3.05) is 25.5 Å². The fourth-order valence-corrected chi connectivity index (χ4v) is 3.02. The Kier molecular flexibility index (Phi) is 3.65. The number of imide groups is 1. The summed E-state index contributed by atoms with van der Waals surface area (Å²) in [6, 6.07) is 4.96. The highest BCUT2D eigenvalue weighted by Crippen LogP contribution is 2.29. The Bertz CT molecular complexity index is 582. The molecular weight excluding hydrogens is 270 g/mol. The maximum absolute atomic E-state index is 12.5. The largest absolute Gasteiger partial charge is 0.398 e. The summed E-state index contributed by atoms with van der Waals surface area (Å²) >= 11 is 0. The highest BCUT2D eigenvalue weighted by Gasteiger charge is 2.40. The Morgan fingerprint density at radius 3 is 2.90 bits per heavy atom. The summed E-state index contributed by atoms with van der Waals surface area (Å²) in [5, 5.41) is 3.34. The number of anilines is 1. The third-order valence-electron chi connectivity index (χ3n) is 4.04. The molecular formula is C15H19N3O3. The first-order valence-corrected chi connectivity index (χ1v) is 7.17. The molecule has 2 aliphatic heterocycles. The molecule has 6 heteroatoms. The van der Waals surface area contributed by atoms with Crippen molar-refractivity contribution in [3.63, 3.8) is 0 Å². The molecule has 1 saturated heterocycles. The number of carbonyl (C=O) groups excluding carboxylic acids is 2. The summed E-state index contributed by atoms with van der Waals surface area (Å²) in [5.41, 5.74) is 6.94. The van der Waals surface area contributed by atoms with Crippen LogP contribution in [-0.2, 0) is 4.74 Å². The number of hydrogen-bond acceptors (Lipinski definition) is 5. The number of carbonyl (C=O) groups is 2. The zero-order valence-electron chi connectivity index (χ0n) is 12.0. The molecule has 0 bridgehead atoms. The van der Waals surface area contributed by atoms with Crippen LogP contribution in [0.3, 0.4) is 0 Å². The van der Waals surface area contributed by atoms with Crippen LogP contribution in [0, 0.1) is 0 Å². The molecule has 2 atom stereocenters. The Balaban J connectivity index is 1.79. The summed E-state index contributed by atoms with van der Waals surface area (Å²) in [7, 11) is 0. The number of nitrogens with zero attached hydrogens (tertiary/aromatic N) is 1. The Hall–Kier alpha value is -1.92. The number of amides is 2. The van der Waals surface area contributed by atoms with Gasteiger partial charge in [0.25, 0.3) is 11.8 Å². The van der Waals surface area contributed by atoms with Crippen molar-refractivity contribution >= 4 is 17.5 Å². The Labute approximate surface area is 123 Å². The van der Waals surface area contributed by atoms with Gasteiger partial charge in [-0.2, -0.15) is 0 Å². The predicted octanol–water partition coefficient (Wildman–Crippen LogP) is 0.632. The third kappa shape index (κ3) is 2.41. The number of fused-ring (bicyclic) bond motifs is 1. The van der Waals surface area contributed by atoms with Gasteiger partial charge >= 0.3 is 0 Å². The van der Waals surface area contributed by atoms with Crippen molar-refractivity contribution in [2.45, 2.75) is 25.4 Å². The van der Waals surface area contributed by atoms with E-state index in [9.17, 15) is 9.59 Å². The van der Waals surface area contributed by atoms with Gasteiger partial charge in [0.05, 0.1) is 24.3 Å². The number of ether oxygens (including phenoxy) is 1. The van der Waals surface area contributed by atoms with Crippen molar-refractivity contribution in [3.05, 3.63) is 29.3 Å². The molecule has 1 aromatic rings. The second-order valence-corrected chi connectivity index (χ2v) is 5.56. The second kappa shape index (κ2) is 5.46. The lowest BCUT2D eigenvalue weighted by Crippen LogP contribution is -2.47. The van der Waals surface area contributed by atoms with Crippen LogP contribution in [0.25, 0.3) is 0 Å². The van der Waals surface area contributed by atoms with Crippen molar-refractivity contribution in [3.8, 4) is 0 Å². The molecule has 112 valence electrons. The van der Waals surface area contributed by atoms with E-state index >= 15 is 0 Å². The van der Waals surface area contributed by atoms with Crippen LogP contribution in [-0.4, -0.2) is 48.6 Å². The van der Waals surface area contributed by atoms with Gasteiger partial charge in [-0.1, -0.05) is 6.07 Å². The van der Waals surface area contributed by atoms with E-state index in [-0.39, 0.29) is 23.9 Å². The van der Waals surface area contributed by atoms with E-state index < -0.39 is 0 Å². The van der Waals surface area contributed by atoms with Crippen LogP contribution in [0.4, 0.5) is 5.69 Å². The number of rotatable bonds is 3. The Morgan fingerprint density at radius 1 is 1.43 bits per heavy atom. The quantitative estimate of drug-likeness (QED) is 0.630. The number of nitrogens with one attached hydrogen (secondary N) is 1. The van der Waals surface area contributed by atoms with Crippen molar-refractivity contribution in [1.29, 1.82) is 0 Å². The summed E-state index contributed by atoms with van der Waals surface area (Å²) in [4.78, 5) is 26.2. The first-order valence-electron chi connectivity index (χ1n) is 7.17. The maximum atomic E-state index is 12.5. The highest BCUT2D eigenvalue weighted by molar-refractivity contribution is 6.23. The van der Waals surface area contributed by atoms with E-state index in [0.29, 0.717) is 36.4 Å². The second-order valence-electron chi connectivity index (χ2n) is 5.56. The molecule has 0 saturated carbocycles.